The van der Waals surface area contributed by atoms with Crippen LogP contribution in [0.2, 0.25) is 0 Å². The summed E-state index contributed by atoms with van der Waals surface area (Å²) in [7, 11) is -3.06. The molecule has 2 aliphatic carbocycles. The number of nitrogens with zero attached hydrogens (tertiary/aromatic N) is 1. The molecule has 126 valence electrons. The summed E-state index contributed by atoms with van der Waals surface area (Å²) in [5.41, 5.74) is 0. The zero-order valence-electron chi connectivity index (χ0n) is 13.5. The number of hydrogen-bond acceptors (Lipinski definition) is 4. The summed E-state index contributed by atoms with van der Waals surface area (Å²) in [4.78, 5) is 14.6. The number of hydrogen-bond donors (Lipinski definition) is 1. The van der Waals surface area contributed by atoms with Gasteiger partial charge in [0.2, 0.25) is 5.91 Å². The van der Waals surface area contributed by atoms with E-state index < -0.39 is 9.84 Å². The highest BCUT2D eigenvalue weighted by atomic mass is 32.2. The fraction of sp³-hybridized carbons (Fsp3) is 0.938. The minimum atomic E-state index is -3.06. The van der Waals surface area contributed by atoms with Crippen molar-refractivity contribution < 1.29 is 13.2 Å². The summed E-state index contributed by atoms with van der Waals surface area (Å²) in [5.74, 6) is 2.05. The van der Waals surface area contributed by atoms with Crippen molar-refractivity contribution in [2.45, 2.75) is 44.6 Å². The predicted molar refractivity (Wildman–Crippen MR) is 86.3 cm³/mol. The van der Waals surface area contributed by atoms with Crippen molar-refractivity contribution in [1.29, 1.82) is 0 Å². The standard InChI is InChI=1S/C16H28N2O3S/c1-22(20,21)8-7-16(19)17-15-11-18(9-12-3-2-4-12)10-14(15)13-5-6-13/h12-15H,2-11H2,1H3,(H,17,19)/t14-,15+/m1/s1. The lowest BCUT2D eigenvalue weighted by Crippen LogP contribution is -2.42. The maximum atomic E-state index is 12.0. The van der Waals surface area contributed by atoms with E-state index in [1.165, 1.54) is 44.9 Å². The molecule has 2 saturated carbocycles. The Hall–Kier alpha value is -0.620. The average molecular weight is 328 g/mol. The van der Waals surface area contributed by atoms with Crippen molar-refractivity contribution in [1.82, 2.24) is 10.2 Å². The first-order chi connectivity index (χ1) is 10.4. The summed E-state index contributed by atoms with van der Waals surface area (Å²) >= 11 is 0. The number of amides is 1. The molecule has 22 heavy (non-hydrogen) atoms. The van der Waals surface area contributed by atoms with Crippen LogP contribution in [0.5, 0.6) is 0 Å². The van der Waals surface area contributed by atoms with Gasteiger partial charge in [-0.3, -0.25) is 4.79 Å². The first kappa shape index (κ1) is 16.2. The monoisotopic (exact) mass is 328 g/mol. The number of sulfone groups is 1. The molecule has 2 atom stereocenters. The van der Waals surface area contributed by atoms with E-state index in [-0.39, 0.29) is 24.1 Å². The first-order valence-electron chi connectivity index (χ1n) is 8.60. The van der Waals surface area contributed by atoms with Crippen LogP contribution >= 0.6 is 0 Å². The van der Waals surface area contributed by atoms with Crippen LogP contribution in [0.1, 0.15) is 38.5 Å². The molecule has 1 N–H and O–H groups in total. The number of rotatable bonds is 7. The van der Waals surface area contributed by atoms with Crippen molar-refractivity contribution in [3.05, 3.63) is 0 Å². The maximum absolute atomic E-state index is 12.0. The molecule has 1 aliphatic heterocycles. The van der Waals surface area contributed by atoms with Gasteiger partial charge in [-0.1, -0.05) is 6.42 Å². The van der Waals surface area contributed by atoms with Crippen LogP contribution in [-0.4, -0.2) is 56.9 Å². The summed E-state index contributed by atoms with van der Waals surface area (Å²) < 4.78 is 22.4. The summed E-state index contributed by atoms with van der Waals surface area (Å²) in [6, 6.07) is 0.222. The molecule has 0 aromatic heterocycles. The van der Waals surface area contributed by atoms with Gasteiger partial charge in [0.25, 0.3) is 0 Å². The molecule has 5 nitrogen and oxygen atoms in total. The van der Waals surface area contributed by atoms with Crippen LogP contribution in [0.3, 0.4) is 0 Å². The van der Waals surface area contributed by atoms with Gasteiger partial charge in [-0.15, -0.1) is 0 Å². The van der Waals surface area contributed by atoms with Crippen LogP contribution in [0.15, 0.2) is 0 Å². The number of carbonyl (C=O) groups is 1. The van der Waals surface area contributed by atoms with E-state index in [0.29, 0.717) is 5.92 Å². The highest BCUT2D eigenvalue weighted by Crippen LogP contribution is 2.42. The molecule has 0 bridgehead atoms. The van der Waals surface area contributed by atoms with Gasteiger partial charge in [-0.05, 0) is 43.4 Å². The molecule has 1 saturated heterocycles. The van der Waals surface area contributed by atoms with Crippen LogP contribution in [-0.2, 0) is 14.6 Å². The molecule has 0 radical (unpaired) electrons. The van der Waals surface area contributed by atoms with Gasteiger partial charge < -0.3 is 10.2 Å². The highest BCUT2D eigenvalue weighted by molar-refractivity contribution is 7.90. The Bertz CT molecular complexity index is 511. The van der Waals surface area contributed by atoms with E-state index in [1.54, 1.807) is 0 Å². The van der Waals surface area contributed by atoms with Crippen LogP contribution in [0, 0.1) is 17.8 Å². The Morgan fingerprint density at radius 3 is 2.45 bits per heavy atom. The molecule has 0 unspecified atom stereocenters. The van der Waals surface area contributed by atoms with Crippen LogP contribution in [0.4, 0.5) is 0 Å². The summed E-state index contributed by atoms with van der Waals surface area (Å²) in [6.45, 7) is 3.24. The predicted octanol–water partition coefficient (Wildman–Crippen LogP) is 1.05. The molecule has 0 aromatic carbocycles. The van der Waals surface area contributed by atoms with E-state index in [2.05, 4.69) is 10.2 Å². The lowest BCUT2D eigenvalue weighted by atomic mass is 9.85. The van der Waals surface area contributed by atoms with Gasteiger partial charge in [0.15, 0.2) is 0 Å². The van der Waals surface area contributed by atoms with E-state index in [1.807, 2.05) is 0 Å². The molecule has 1 heterocycles. The third-order valence-electron chi connectivity index (χ3n) is 5.46. The Kier molecular flexibility index (Phi) is 4.78. The fourth-order valence-corrected chi connectivity index (χ4v) is 4.37. The smallest absolute Gasteiger partial charge is 0.221 e. The topological polar surface area (TPSA) is 66.5 Å². The second-order valence-corrected chi connectivity index (χ2v) is 9.83. The maximum Gasteiger partial charge on any atom is 0.221 e. The molecule has 0 aromatic rings. The van der Waals surface area contributed by atoms with E-state index in [9.17, 15) is 13.2 Å². The van der Waals surface area contributed by atoms with E-state index in [4.69, 9.17) is 0 Å². The van der Waals surface area contributed by atoms with Crippen molar-refractivity contribution in [2.75, 3.05) is 31.6 Å². The third kappa shape index (κ3) is 4.44. The van der Waals surface area contributed by atoms with Crippen LogP contribution < -0.4 is 5.32 Å². The van der Waals surface area contributed by atoms with E-state index in [0.717, 1.165) is 24.9 Å². The van der Waals surface area contributed by atoms with Gasteiger partial charge in [-0.2, -0.15) is 0 Å². The zero-order valence-corrected chi connectivity index (χ0v) is 14.3. The first-order valence-corrected chi connectivity index (χ1v) is 10.7. The SMILES string of the molecule is CS(=O)(=O)CCC(=O)N[C@H]1CN(CC2CCC2)C[C@@H]1C1CC1. The molecule has 1 amide bonds. The van der Waals surface area contributed by atoms with Crippen molar-refractivity contribution in [3.8, 4) is 0 Å². The lowest BCUT2D eigenvalue weighted by molar-refractivity contribution is -0.121. The molecular formula is C16H28N2O3S. The number of carbonyl (C=O) groups excluding carboxylic acids is 1. The second-order valence-electron chi connectivity index (χ2n) is 7.57. The Morgan fingerprint density at radius 1 is 1.18 bits per heavy atom. The van der Waals surface area contributed by atoms with Gasteiger partial charge in [-0.25, -0.2) is 8.42 Å². The molecule has 3 aliphatic rings. The Balaban J connectivity index is 1.50. The molecule has 6 heteroatoms. The van der Waals surface area contributed by atoms with E-state index >= 15 is 0 Å². The van der Waals surface area contributed by atoms with Gasteiger partial charge in [0.05, 0.1) is 5.75 Å². The van der Waals surface area contributed by atoms with Gasteiger partial charge in [0, 0.05) is 38.4 Å². The van der Waals surface area contributed by atoms with Gasteiger partial charge >= 0.3 is 0 Å². The zero-order chi connectivity index (χ0) is 15.7. The fourth-order valence-electron chi connectivity index (χ4n) is 3.81. The average Bonchev–Trinajstić information content (AvgIpc) is 3.14. The molecule has 3 fully saturated rings. The Labute approximate surface area is 133 Å². The molecular weight excluding hydrogens is 300 g/mol. The van der Waals surface area contributed by atoms with Crippen molar-refractivity contribution in [3.63, 3.8) is 0 Å². The minimum Gasteiger partial charge on any atom is -0.352 e. The lowest BCUT2D eigenvalue weighted by Gasteiger charge is -2.30. The third-order valence-corrected chi connectivity index (χ3v) is 6.40. The quantitative estimate of drug-likeness (QED) is 0.758. The number of likely N-dealkylation sites (tertiary alicyclic amines) is 1. The largest absolute Gasteiger partial charge is 0.352 e. The Morgan fingerprint density at radius 2 is 1.91 bits per heavy atom. The van der Waals surface area contributed by atoms with Crippen LogP contribution in [0.25, 0.3) is 0 Å². The van der Waals surface area contributed by atoms with Gasteiger partial charge in [0.1, 0.15) is 9.84 Å². The molecule has 3 rings (SSSR count). The molecule has 0 spiro atoms. The van der Waals surface area contributed by atoms with Crippen molar-refractivity contribution in [2.24, 2.45) is 17.8 Å². The minimum absolute atomic E-state index is 0.0502. The van der Waals surface area contributed by atoms with Crippen molar-refractivity contribution >= 4 is 15.7 Å². The summed E-state index contributed by atoms with van der Waals surface area (Å²) in [5, 5.41) is 3.12. The number of nitrogens with one attached hydrogen (secondary N) is 1. The normalized spacial score (nSPS) is 30.2. The summed E-state index contributed by atoms with van der Waals surface area (Å²) in [6.07, 6.45) is 7.94. The highest BCUT2D eigenvalue weighted by Gasteiger charge is 2.43. The second kappa shape index (κ2) is 6.48.